The molecule has 0 spiro atoms. The van der Waals surface area contributed by atoms with Crippen LogP contribution in [0, 0.1) is 0 Å². The van der Waals surface area contributed by atoms with Gasteiger partial charge in [0.25, 0.3) is 5.91 Å². The van der Waals surface area contributed by atoms with E-state index in [1.165, 1.54) is 18.2 Å². The average molecular weight is 409 g/mol. The van der Waals surface area contributed by atoms with Crippen molar-refractivity contribution in [2.24, 2.45) is 0 Å². The number of hydrogen-bond acceptors (Lipinski definition) is 5. The number of carbonyl (C=O) groups excluding carboxylic acids is 1. The Balaban J connectivity index is 1.80. The molecule has 0 radical (unpaired) electrons. The zero-order valence-electron chi connectivity index (χ0n) is 15.9. The second kappa shape index (κ2) is 8.69. The second-order valence-corrected chi connectivity index (χ2v) is 6.87. The molecule has 1 aliphatic heterocycles. The van der Waals surface area contributed by atoms with Gasteiger partial charge in [-0.2, -0.15) is 13.2 Å². The number of alkyl halides is 3. The van der Waals surface area contributed by atoms with E-state index in [2.05, 4.69) is 10.3 Å². The number of nitrogens with zero attached hydrogens (tertiary/aromatic N) is 2. The third-order valence-corrected chi connectivity index (χ3v) is 4.58. The summed E-state index contributed by atoms with van der Waals surface area (Å²) in [7, 11) is 0. The van der Waals surface area contributed by atoms with Gasteiger partial charge in [0.15, 0.2) is 11.6 Å². The first-order valence-electron chi connectivity index (χ1n) is 9.31. The summed E-state index contributed by atoms with van der Waals surface area (Å²) < 4.78 is 43.9. The van der Waals surface area contributed by atoms with Gasteiger partial charge in [0.2, 0.25) is 0 Å². The molecule has 1 amide bonds. The molecule has 2 N–H and O–H groups in total. The molecule has 6 nitrogen and oxygen atoms in total. The van der Waals surface area contributed by atoms with Gasteiger partial charge in [0, 0.05) is 25.7 Å². The smallest absolute Gasteiger partial charge is 0.416 e. The fourth-order valence-corrected chi connectivity index (χ4v) is 2.80. The Morgan fingerprint density at radius 1 is 1.24 bits per heavy atom. The van der Waals surface area contributed by atoms with Crippen LogP contribution in [0.3, 0.4) is 0 Å². The van der Waals surface area contributed by atoms with Crippen molar-refractivity contribution in [3.05, 3.63) is 47.7 Å². The number of amides is 1. The van der Waals surface area contributed by atoms with Crippen molar-refractivity contribution >= 4 is 11.7 Å². The number of aromatic nitrogens is 1. The quantitative estimate of drug-likeness (QED) is 0.731. The number of benzene rings is 1. The molecule has 1 aromatic heterocycles. The molecule has 9 heteroatoms. The van der Waals surface area contributed by atoms with Gasteiger partial charge in [-0.15, -0.1) is 0 Å². The molecular formula is C20H22F3N3O3. The lowest BCUT2D eigenvalue weighted by Crippen LogP contribution is -2.39. The van der Waals surface area contributed by atoms with E-state index in [-0.39, 0.29) is 30.0 Å². The topological polar surface area (TPSA) is 74.7 Å². The molecule has 1 aliphatic rings. The molecular weight excluding hydrogens is 387 g/mol. The highest BCUT2D eigenvalue weighted by Gasteiger charge is 2.30. The van der Waals surface area contributed by atoms with Crippen molar-refractivity contribution < 1.29 is 27.8 Å². The number of anilines is 1. The molecule has 0 bridgehead atoms. The van der Waals surface area contributed by atoms with Crippen molar-refractivity contribution in [2.75, 3.05) is 24.6 Å². The molecule has 1 atom stereocenters. The maximum absolute atomic E-state index is 12.7. The summed E-state index contributed by atoms with van der Waals surface area (Å²) in [5, 5.41) is 11.7. The summed E-state index contributed by atoms with van der Waals surface area (Å²) in [6.07, 6.45) is -3.00. The first-order valence-corrected chi connectivity index (χ1v) is 9.31. The van der Waals surface area contributed by atoms with Crippen molar-refractivity contribution in [1.29, 1.82) is 0 Å². The predicted octanol–water partition coefficient (Wildman–Crippen LogP) is 3.60. The molecule has 0 aliphatic carbocycles. The van der Waals surface area contributed by atoms with Gasteiger partial charge in [-0.05, 0) is 56.2 Å². The molecule has 0 saturated carbocycles. The minimum absolute atomic E-state index is 0.0339. The first kappa shape index (κ1) is 20.9. The van der Waals surface area contributed by atoms with Crippen LogP contribution in [0.5, 0.6) is 11.5 Å². The first-order chi connectivity index (χ1) is 13.8. The van der Waals surface area contributed by atoms with E-state index >= 15 is 0 Å². The summed E-state index contributed by atoms with van der Waals surface area (Å²) in [6.45, 7) is 3.26. The second-order valence-electron chi connectivity index (χ2n) is 6.87. The maximum atomic E-state index is 12.7. The van der Waals surface area contributed by atoms with Crippen molar-refractivity contribution in [1.82, 2.24) is 10.3 Å². The number of hydrogen-bond donors (Lipinski definition) is 2. The molecule has 29 heavy (non-hydrogen) atoms. The Labute approximate surface area is 166 Å². The fourth-order valence-electron chi connectivity index (χ4n) is 2.80. The van der Waals surface area contributed by atoms with Gasteiger partial charge in [-0.25, -0.2) is 4.98 Å². The molecule has 3 rings (SSSR count). The van der Waals surface area contributed by atoms with Crippen LogP contribution in [-0.2, 0) is 6.18 Å². The Kier molecular flexibility index (Phi) is 6.26. The largest absolute Gasteiger partial charge is 0.453 e. The fraction of sp³-hybridized carbons (Fsp3) is 0.400. The van der Waals surface area contributed by atoms with Crippen LogP contribution in [-0.4, -0.2) is 41.7 Å². The zero-order chi connectivity index (χ0) is 21.0. The third kappa shape index (κ3) is 5.17. The van der Waals surface area contributed by atoms with Gasteiger partial charge in [-0.3, -0.25) is 4.79 Å². The van der Waals surface area contributed by atoms with Crippen LogP contribution >= 0.6 is 0 Å². The van der Waals surface area contributed by atoms with Crippen molar-refractivity contribution in [3.8, 4) is 11.5 Å². The maximum Gasteiger partial charge on any atom is 0.416 e. The molecule has 1 fully saturated rings. The standard InChI is InChI=1S/C20H22F3N3O3/c1-13(9-12-27)24-19(28)16-7-8-17(18(25-16)26-10-2-11-26)29-15-5-3-14(4-6-15)20(21,22)23/h3-8,13,27H,2,9-12H2,1H3,(H,24,28)/t13-/m1/s1. The Morgan fingerprint density at radius 3 is 2.48 bits per heavy atom. The summed E-state index contributed by atoms with van der Waals surface area (Å²) in [4.78, 5) is 18.7. The number of nitrogens with one attached hydrogen (secondary N) is 1. The van der Waals surface area contributed by atoms with Crippen LogP contribution < -0.4 is 15.0 Å². The van der Waals surface area contributed by atoms with Crippen LogP contribution in [0.1, 0.15) is 35.8 Å². The third-order valence-electron chi connectivity index (χ3n) is 4.58. The van der Waals surface area contributed by atoms with Gasteiger partial charge < -0.3 is 20.1 Å². The number of ether oxygens (including phenoxy) is 1. The van der Waals surface area contributed by atoms with E-state index in [1.54, 1.807) is 13.0 Å². The summed E-state index contributed by atoms with van der Waals surface area (Å²) in [6, 6.07) is 7.30. The van der Waals surface area contributed by atoms with E-state index in [9.17, 15) is 18.0 Å². The van der Waals surface area contributed by atoms with Gasteiger partial charge >= 0.3 is 6.18 Å². The summed E-state index contributed by atoms with van der Waals surface area (Å²) >= 11 is 0. The zero-order valence-corrected chi connectivity index (χ0v) is 15.9. The van der Waals surface area contributed by atoms with Crippen LogP contribution in [0.2, 0.25) is 0 Å². The molecule has 2 aromatic rings. The van der Waals surface area contributed by atoms with E-state index < -0.39 is 11.7 Å². The van der Waals surface area contributed by atoms with Crippen LogP contribution in [0.4, 0.5) is 19.0 Å². The molecule has 156 valence electrons. The number of pyridine rings is 1. The minimum Gasteiger partial charge on any atom is -0.453 e. The van der Waals surface area contributed by atoms with Gasteiger partial charge in [0.1, 0.15) is 11.4 Å². The number of aliphatic hydroxyl groups is 1. The molecule has 1 saturated heterocycles. The van der Waals surface area contributed by atoms with E-state index in [1.807, 2.05) is 4.90 Å². The Hall–Kier alpha value is -2.81. The Morgan fingerprint density at radius 2 is 1.93 bits per heavy atom. The molecule has 2 heterocycles. The normalized spacial score (nSPS) is 14.9. The number of halogens is 3. The highest BCUT2D eigenvalue weighted by Crippen LogP contribution is 2.35. The van der Waals surface area contributed by atoms with E-state index in [0.29, 0.717) is 18.0 Å². The SMILES string of the molecule is C[C@H](CCO)NC(=O)c1ccc(Oc2ccc(C(F)(F)F)cc2)c(N2CCC2)n1. The van der Waals surface area contributed by atoms with Crippen LogP contribution in [0.15, 0.2) is 36.4 Å². The lowest BCUT2D eigenvalue weighted by Gasteiger charge is -2.33. The monoisotopic (exact) mass is 409 g/mol. The lowest BCUT2D eigenvalue weighted by atomic mass is 10.2. The van der Waals surface area contributed by atoms with Crippen molar-refractivity contribution in [2.45, 2.75) is 32.0 Å². The number of carbonyl (C=O) groups is 1. The van der Waals surface area contributed by atoms with E-state index in [4.69, 9.17) is 9.84 Å². The average Bonchev–Trinajstić information content (AvgIpc) is 2.61. The minimum atomic E-state index is -4.41. The highest BCUT2D eigenvalue weighted by atomic mass is 19.4. The lowest BCUT2D eigenvalue weighted by molar-refractivity contribution is -0.137. The van der Waals surface area contributed by atoms with Gasteiger partial charge in [-0.1, -0.05) is 0 Å². The summed E-state index contributed by atoms with van der Waals surface area (Å²) in [5.74, 6) is 0.715. The van der Waals surface area contributed by atoms with Gasteiger partial charge in [0.05, 0.1) is 5.56 Å². The summed E-state index contributed by atoms with van der Waals surface area (Å²) in [5.41, 5.74) is -0.550. The Bertz CT molecular complexity index is 852. The van der Waals surface area contributed by atoms with E-state index in [0.717, 1.165) is 31.6 Å². The number of aliphatic hydroxyl groups excluding tert-OH is 1. The number of rotatable bonds is 7. The highest BCUT2D eigenvalue weighted by molar-refractivity contribution is 5.93. The molecule has 1 aromatic carbocycles. The predicted molar refractivity (Wildman–Crippen MR) is 101 cm³/mol. The van der Waals surface area contributed by atoms with Crippen molar-refractivity contribution in [3.63, 3.8) is 0 Å². The molecule has 0 unspecified atom stereocenters. The van der Waals surface area contributed by atoms with Crippen LogP contribution in [0.25, 0.3) is 0 Å².